The smallest absolute Gasteiger partial charge is 0.306 e. The summed E-state index contributed by atoms with van der Waals surface area (Å²) >= 11 is 1.40. The van der Waals surface area contributed by atoms with Crippen molar-refractivity contribution in [2.75, 3.05) is 11.9 Å². The van der Waals surface area contributed by atoms with Crippen molar-refractivity contribution in [3.8, 4) is 0 Å². The van der Waals surface area contributed by atoms with Crippen LogP contribution in [0.3, 0.4) is 0 Å². The second-order valence-corrected chi connectivity index (χ2v) is 5.08. The summed E-state index contributed by atoms with van der Waals surface area (Å²) in [6.07, 6.45) is 0.258. The Morgan fingerprint density at radius 2 is 2.21 bits per heavy atom. The van der Waals surface area contributed by atoms with Gasteiger partial charge in [-0.3, -0.25) is 14.9 Å². The predicted molar refractivity (Wildman–Crippen MR) is 74.2 cm³/mol. The Balaban J connectivity index is 2.01. The van der Waals surface area contributed by atoms with Crippen LogP contribution in [0.25, 0.3) is 10.2 Å². The molecular weight excluding hydrogens is 264 g/mol. The number of nitrogens with one attached hydrogen (secondary N) is 1. The fourth-order valence-corrected chi connectivity index (χ4v) is 2.47. The molecule has 0 spiro atoms. The third-order valence-corrected chi connectivity index (χ3v) is 3.38. The van der Waals surface area contributed by atoms with E-state index in [-0.39, 0.29) is 18.9 Å². The monoisotopic (exact) mass is 278 g/mol. The standard InChI is InChI=1S/C13H14N2O3S/c1-3-12(17)18-7-11(16)15-13-14-9-5-4-8(2)6-10(9)19-13/h4-6H,3,7H2,1-2H3,(H,14,15,16). The van der Waals surface area contributed by atoms with Crippen molar-refractivity contribution >= 4 is 38.6 Å². The average Bonchev–Trinajstić information content (AvgIpc) is 2.77. The van der Waals surface area contributed by atoms with E-state index in [9.17, 15) is 9.59 Å². The van der Waals surface area contributed by atoms with Crippen LogP contribution < -0.4 is 5.32 Å². The van der Waals surface area contributed by atoms with Gasteiger partial charge in [0.05, 0.1) is 10.2 Å². The van der Waals surface area contributed by atoms with Crippen molar-refractivity contribution in [1.29, 1.82) is 0 Å². The molecular formula is C13H14N2O3S. The van der Waals surface area contributed by atoms with Gasteiger partial charge in [-0.25, -0.2) is 4.98 Å². The maximum Gasteiger partial charge on any atom is 0.306 e. The molecule has 0 radical (unpaired) electrons. The lowest BCUT2D eigenvalue weighted by Crippen LogP contribution is -2.20. The molecule has 0 atom stereocenters. The normalized spacial score (nSPS) is 10.4. The Hall–Kier alpha value is -1.95. The van der Waals surface area contributed by atoms with Gasteiger partial charge in [0, 0.05) is 6.42 Å². The van der Waals surface area contributed by atoms with Gasteiger partial charge in [-0.1, -0.05) is 24.3 Å². The first-order valence-corrected chi connectivity index (χ1v) is 6.73. The van der Waals surface area contributed by atoms with E-state index in [1.165, 1.54) is 11.3 Å². The van der Waals surface area contributed by atoms with E-state index in [1.54, 1.807) is 6.92 Å². The molecule has 1 aromatic heterocycles. The van der Waals surface area contributed by atoms with Gasteiger partial charge in [0.1, 0.15) is 0 Å². The molecule has 6 heteroatoms. The van der Waals surface area contributed by atoms with Crippen molar-refractivity contribution < 1.29 is 14.3 Å². The molecule has 0 aliphatic rings. The van der Waals surface area contributed by atoms with Crippen LogP contribution in [0, 0.1) is 6.92 Å². The molecule has 0 saturated carbocycles. The van der Waals surface area contributed by atoms with Crippen molar-refractivity contribution in [3.63, 3.8) is 0 Å². The number of hydrogen-bond donors (Lipinski definition) is 1. The highest BCUT2D eigenvalue weighted by molar-refractivity contribution is 7.22. The summed E-state index contributed by atoms with van der Waals surface area (Å²) in [5, 5.41) is 3.13. The first-order chi connectivity index (χ1) is 9.08. The third-order valence-electron chi connectivity index (χ3n) is 2.44. The minimum absolute atomic E-state index is 0.258. The summed E-state index contributed by atoms with van der Waals surface area (Å²) < 4.78 is 5.76. The Kier molecular flexibility index (Phi) is 4.11. The van der Waals surface area contributed by atoms with Gasteiger partial charge in [-0.05, 0) is 24.6 Å². The molecule has 100 valence electrons. The molecule has 0 aliphatic heterocycles. The Morgan fingerprint density at radius 1 is 1.42 bits per heavy atom. The lowest BCUT2D eigenvalue weighted by Gasteiger charge is -2.02. The SMILES string of the molecule is CCC(=O)OCC(=O)Nc1nc2ccc(C)cc2s1. The van der Waals surface area contributed by atoms with Gasteiger partial charge < -0.3 is 4.74 Å². The number of amides is 1. The van der Waals surface area contributed by atoms with Crippen LogP contribution in [0.1, 0.15) is 18.9 Å². The van der Waals surface area contributed by atoms with Gasteiger partial charge in [-0.15, -0.1) is 0 Å². The highest BCUT2D eigenvalue weighted by atomic mass is 32.1. The van der Waals surface area contributed by atoms with Gasteiger partial charge in [0.25, 0.3) is 5.91 Å². The summed E-state index contributed by atoms with van der Waals surface area (Å²) in [7, 11) is 0. The molecule has 1 amide bonds. The summed E-state index contributed by atoms with van der Waals surface area (Å²) in [5.41, 5.74) is 1.99. The van der Waals surface area contributed by atoms with Crippen molar-refractivity contribution in [2.45, 2.75) is 20.3 Å². The molecule has 19 heavy (non-hydrogen) atoms. The number of hydrogen-bond acceptors (Lipinski definition) is 5. The number of anilines is 1. The van der Waals surface area contributed by atoms with Crippen molar-refractivity contribution in [3.05, 3.63) is 23.8 Å². The minimum atomic E-state index is -0.393. The fraction of sp³-hybridized carbons (Fsp3) is 0.308. The van der Waals surface area contributed by atoms with E-state index in [0.717, 1.165) is 15.8 Å². The number of aryl methyl sites for hydroxylation is 1. The van der Waals surface area contributed by atoms with Gasteiger partial charge in [-0.2, -0.15) is 0 Å². The summed E-state index contributed by atoms with van der Waals surface area (Å²) in [6.45, 7) is 3.40. The molecule has 5 nitrogen and oxygen atoms in total. The molecule has 0 aliphatic carbocycles. The number of fused-ring (bicyclic) bond motifs is 1. The minimum Gasteiger partial charge on any atom is -0.456 e. The second kappa shape index (κ2) is 5.79. The third kappa shape index (κ3) is 3.51. The van der Waals surface area contributed by atoms with E-state index >= 15 is 0 Å². The zero-order valence-corrected chi connectivity index (χ0v) is 11.5. The number of nitrogens with zero attached hydrogens (tertiary/aromatic N) is 1. The van der Waals surface area contributed by atoms with Crippen LogP contribution in [0.2, 0.25) is 0 Å². The fourth-order valence-electron chi connectivity index (χ4n) is 1.49. The molecule has 1 N–H and O–H groups in total. The number of esters is 1. The number of thiazole rings is 1. The molecule has 0 bridgehead atoms. The molecule has 0 unspecified atom stereocenters. The number of benzene rings is 1. The number of carbonyl (C=O) groups excluding carboxylic acids is 2. The lowest BCUT2D eigenvalue weighted by molar-refractivity contribution is -0.146. The maximum atomic E-state index is 11.6. The zero-order chi connectivity index (χ0) is 13.8. The largest absolute Gasteiger partial charge is 0.456 e. The highest BCUT2D eigenvalue weighted by Crippen LogP contribution is 2.26. The summed E-state index contributed by atoms with van der Waals surface area (Å²) in [4.78, 5) is 26.8. The summed E-state index contributed by atoms with van der Waals surface area (Å²) in [6, 6.07) is 5.89. The van der Waals surface area contributed by atoms with Crippen LogP contribution in [0.5, 0.6) is 0 Å². The number of ether oxygens (including phenoxy) is 1. The molecule has 1 heterocycles. The summed E-state index contributed by atoms with van der Waals surface area (Å²) in [5.74, 6) is -0.771. The van der Waals surface area contributed by atoms with Gasteiger partial charge in [0.2, 0.25) is 0 Å². The maximum absolute atomic E-state index is 11.6. The van der Waals surface area contributed by atoms with Crippen LogP contribution >= 0.6 is 11.3 Å². The average molecular weight is 278 g/mol. The quantitative estimate of drug-likeness (QED) is 0.872. The molecule has 1 aromatic carbocycles. The topological polar surface area (TPSA) is 68.3 Å². The van der Waals surface area contributed by atoms with Crippen LogP contribution in [0.15, 0.2) is 18.2 Å². The van der Waals surface area contributed by atoms with Crippen molar-refractivity contribution in [1.82, 2.24) is 4.98 Å². The van der Waals surface area contributed by atoms with E-state index in [4.69, 9.17) is 4.74 Å². The zero-order valence-electron chi connectivity index (χ0n) is 10.7. The highest BCUT2D eigenvalue weighted by Gasteiger charge is 2.09. The van der Waals surface area contributed by atoms with Crippen LogP contribution in [-0.4, -0.2) is 23.5 Å². The molecule has 2 rings (SSSR count). The Morgan fingerprint density at radius 3 is 2.95 bits per heavy atom. The Labute approximate surface area is 114 Å². The number of aromatic nitrogens is 1. The van der Waals surface area contributed by atoms with E-state index in [0.29, 0.717) is 5.13 Å². The molecule has 0 fully saturated rings. The second-order valence-electron chi connectivity index (χ2n) is 4.05. The lowest BCUT2D eigenvalue weighted by atomic mass is 10.2. The predicted octanol–water partition coefficient (Wildman–Crippen LogP) is 2.50. The van der Waals surface area contributed by atoms with Gasteiger partial charge in [0.15, 0.2) is 11.7 Å². The van der Waals surface area contributed by atoms with Crippen LogP contribution in [-0.2, 0) is 14.3 Å². The Bertz CT molecular complexity index is 621. The number of rotatable bonds is 4. The van der Waals surface area contributed by atoms with E-state index < -0.39 is 5.97 Å². The first kappa shape index (κ1) is 13.5. The first-order valence-electron chi connectivity index (χ1n) is 5.91. The van der Waals surface area contributed by atoms with Crippen molar-refractivity contribution in [2.24, 2.45) is 0 Å². The van der Waals surface area contributed by atoms with E-state index in [1.807, 2.05) is 25.1 Å². The van der Waals surface area contributed by atoms with Crippen LogP contribution in [0.4, 0.5) is 5.13 Å². The molecule has 0 saturated heterocycles. The van der Waals surface area contributed by atoms with Gasteiger partial charge >= 0.3 is 5.97 Å². The van der Waals surface area contributed by atoms with E-state index in [2.05, 4.69) is 10.3 Å². The molecule has 2 aromatic rings. The number of carbonyl (C=O) groups is 2.